The van der Waals surface area contributed by atoms with Gasteiger partial charge in [0.1, 0.15) is 17.3 Å². The standard InChI is InChI=1S/C14H14BrF2NO3/c1-8(11-5-6-13(15)20-11)18-10-7-9(19-2)3-4-12(10)21-14(16)17/h3-8,14,18H,1-2H3. The van der Waals surface area contributed by atoms with Gasteiger partial charge < -0.3 is 19.2 Å². The summed E-state index contributed by atoms with van der Waals surface area (Å²) in [6, 6.07) is 7.88. The van der Waals surface area contributed by atoms with E-state index < -0.39 is 6.61 Å². The molecule has 1 N–H and O–H groups in total. The van der Waals surface area contributed by atoms with Gasteiger partial charge in [0.05, 0.1) is 18.8 Å². The highest BCUT2D eigenvalue weighted by atomic mass is 79.9. The number of benzene rings is 1. The predicted molar refractivity (Wildman–Crippen MR) is 78.1 cm³/mol. The molecule has 1 atom stereocenters. The molecule has 2 rings (SSSR count). The van der Waals surface area contributed by atoms with E-state index in [2.05, 4.69) is 26.0 Å². The van der Waals surface area contributed by atoms with E-state index >= 15 is 0 Å². The van der Waals surface area contributed by atoms with Crippen LogP contribution in [0.15, 0.2) is 39.4 Å². The van der Waals surface area contributed by atoms with Crippen LogP contribution in [0, 0.1) is 0 Å². The van der Waals surface area contributed by atoms with Gasteiger partial charge in [0, 0.05) is 6.07 Å². The monoisotopic (exact) mass is 361 g/mol. The summed E-state index contributed by atoms with van der Waals surface area (Å²) in [6.07, 6.45) is 0. The zero-order chi connectivity index (χ0) is 15.4. The quantitative estimate of drug-likeness (QED) is 0.800. The SMILES string of the molecule is COc1ccc(OC(F)F)c(NC(C)c2ccc(Br)o2)c1. The molecule has 0 fully saturated rings. The van der Waals surface area contributed by atoms with Crippen LogP contribution in [0.1, 0.15) is 18.7 Å². The number of anilines is 1. The highest BCUT2D eigenvalue weighted by Crippen LogP contribution is 2.33. The summed E-state index contributed by atoms with van der Waals surface area (Å²) in [7, 11) is 1.50. The Kier molecular flexibility index (Phi) is 5.06. The molecular formula is C14H14BrF2NO3. The van der Waals surface area contributed by atoms with E-state index in [0.29, 0.717) is 21.9 Å². The number of methoxy groups -OCH3 is 1. The first-order chi connectivity index (χ1) is 9.99. The minimum absolute atomic E-state index is 0.0447. The third-order valence-electron chi connectivity index (χ3n) is 2.80. The summed E-state index contributed by atoms with van der Waals surface area (Å²) < 4.78 is 40.5. The van der Waals surface area contributed by atoms with Crippen LogP contribution in [0.4, 0.5) is 14.5 Å². The maximum absolute atomic E-state index is 12.4. The van der Waals surface area contributed by atoms with Gasteiger partial charge in [-0.05, 0) is 47.1 Å². The number of hydrogen-bond acceptors (Lipinski definition) is 4. The Hall–Kier alpha value is -1.76. The van der Waals surface area contributed by atoms with Crippen LogP contribution < -0.4 is 14.8 Å². The molecule has 7 heteroatoms. The average Bonchev–Trinajstić information content (AvgIpc) is 2.87. The molecule has 1 aromatic heterocycles. The molecule has 114 valence electrons. The molecule has 0 aliphatic heterocycles. The Morgan fingerprint density at radius 3 is 2.57 bits per heavy atom. The Balaban J connectivity index is 2.23. The Morgan fingerprint density at radius 2 is 2.00 bits per heavy atom. The maximum Gasteiger partial charge on any atom is 0.387 e. The smallest absolute Gasteiger partial charge is 0.387 e. The molecule has 1 heterocycles. The molecule has 2 aromatic rings. The van der Waals surface area contributed by atoms with Gasteiger partial charge in [-0.1, -0.05) is 0 Å². The maximum atomic E-state index is 12.4. The zero-order valence-electron chi connectivity index (χ0n) is 11.4. The molecule has 1 unspecified atom stereocenters. The van der Waals surface area contributed by atoms with E-state index in [9.17, 15) is 8.78 Å². The largest absolute Gasteiger partial charge is 0.497 e. The second-order valence-electron chi connectivity index (χ2n) is 4.25. The molecule has 4 nitrogen and oxygen atoms in total. The van der Waals surface area contributed by atoms with Crippen LogP contribution in [-0.2, 0) is 0 Å². The fourth-order valence-electron chi connectivity index (χ4n) is 1.81. The Morgan fingerprint density at radius 1 is 1.24 bits per heavy atom. The summed E-state index contributed by atoms with van der Waals surface area (Å²) in [5, 5.41) is 3.07. The summed E-state index contributed by atoms with van der Waals surface area (Å²) in [4.78, 5) is 0. The molecule has 0 bridgehead atoms. The lowest BCUT2D eigenvalue weighted by atomic mass is 10.2. The molecule has 0 aliphatic rings. The second-order valence-corrected chi connectivity index (χ2v) is 5.03. The van der Waals surface area contributed by atoms with Crippen LogP contribution in [0.2, 0.25) is 0 Å². The first-order valence-electron chi connectivity index (χ1n) is 6.14. The van der Waals surface area contributed by atoms with Crippen LogP contribution in [0.5, 0.6) is 11.5 Å². The highest BCUT2D eigenvalue weighted by Gasteiger charge is 2.15. The second kappa shape index (κ2) is 6.80. The normalized spacial score (nSPS) is 12.3. The van der Waals surface area contributed by atoms with Gasteiger partial charge >= 0.3 is 6.61 Å². The number of nitrogens with one attached hydrogen (secondary N) is 1. The lowest BCUT2D eigenvalue weighted by Crippen LogP contribution is -2.09. The summed E-state index contributed by atoms with van der Waals surface area (Å²) in [5.74, 6) is 1.24. The average molecular weight is 362 g/mol. The minimum Gasteiger partial charge on any atom is -0.497 e. The van der Waals surface area contributed by atoms with E-state index in [-0.39, 0.29) is 11.8 Å². The summed E-state index contributed by atoms with van der Waals surface area (Å²) in [6.45, 7) is -1.05. The number of alkyl halides is 2. The Bertz CT molecular complexity index is 604. The zero-order valence-corrected chi connectivity index (χ0v) is 13.0. The van der Waals surface area contributed by atoms with Crippen LogP contribution in [-0.4, -0.2) is 13.7 Å². The summed E-state index contributed by atoms with van der Waals surface area (Å²) in [5.41, 5.74) is 0.398. The number of furan rings is 1. The highest BCUT2D eigenvalue weighted by molar-refractivity contribution is 9.10. The minimum atomic E-state index is -2.90. The van der Waals surface area contributed by atoms with Crippen molar-refractivity contribution in [3.05, 3.63) is 40.8 Å². The first-order valence-corrected chi connectivity index (χ1v) is 6.93. The van der Waals surface area contributed by atoms with Crippen LogP contribution in [0.3, 0.4) is 0 Å². The fraction of sp³-hybridized carbons (Fsp3) is 0.286. The van der Waals surface area contributed by atoms with Gasteiger partial charge in [-0.3, -0.25) is 0 Å². The molecule has 0 spiro atoms. The molecule has 0 saturated carbocycles. The van der Waals surface area contributed by atoms with Gasteiger partial charge in [-0.15, -0.1) is 0 Å². The van der Waals surface area contributed by atoms with Crippen molar-refractivity contribution in [2.45, 2.75) is 19.6 Å². The van der Waals surface area contributed by atoms with E-state index in [1.807, 2.05) is 6.92 Å². The first kappa shape index (κ1) is 15.6. The number of ether oxygens (including phenoxy) is 2. The summed E-state index contributed by atoms with van der Waals surface area (Å²) >= 11 is 3.22. The fourth-order valence-corrected chi connectivity index (χ4v) is 2.13. The lowest BCUT2D eigenvalue weighted by molar-refractivity contribution is -0.0494. The van der Waals surface area contributed by atoms with E-state index in [1.165, 1.54) is 13.2 Å². The third-order valence-corrected chi connectivity index (χ3v) is 3.22. The molecule has 0 amide bonds. The van der Waals surface area contributed by atoms with Crippen molar-refractivity contribution >= 4 is 21.6 Å². The van der Waals surface area contributed by atoms with Crippen LogP contribution in [0.25, 0.3) is 0 Å². The third kappa shape index (κ3) is 4.10. The number of halogens is 3. The van der Waals surface area contributed by atoms with Crippen molar-refractivity contribution in [3.63, 3.8) is 0 Å². The van der Waals surface area contributed by atoms with Crippen molar-refractivity contribution in [1.82, 2.24) is 0 Å². The van der Waals surface area contributed by atoms with Crippen molar-refractivity contribution in [1.29, 1.82) is 0 Å². The number of hydrogen-bond donors (Lipinski definition) is 1. The van der Waals surface area contributed by atoms with Crippen molar-refractivity contribution in [3.8, 4) is 11.5 Å². The van der Waals surface area contributed by atoms with Gasteiger partial charge in [0.25, 0.3) is 0 Å². The molecule has 0 saturated heterocycles. The van der Waals surface area contributed by atoms with Crippen LogP contribution >= 0.6 is 15.9 Å². The van der Waals surface area contributed by atoms with E-state index in [0.717, 1.165) is 0 Å². The van der Waals surface area contributed by atoms with Gasteiger partial charge in [0.15, 0.2) is 4.67 Å². The van der Waals surface area contributed by atoms with Gasteiger partial charge in [0.2, 0.25) is 0 Å². The molecule has 0 aliphatic carbocycles. The molecule has 0 radical (unpaired) electrons. The van der Waals surface area contributed by atoms with Gasteiger partial charge in [-0.25, -0.2) is 0 Å². The van der Waals surface area contributed by atoms with Crippen molar-refractivity contribution < 1.29 is 22.7 Å². The molecule has 21 heavy (non-hydrogen) atoms. The van der Waals surface area contributed by atoms with Gasteiger partial charge in [-0.2, -0.15) is 8.78 Å². The lowest BCUT2D eigenvalue weighted by Gasteiger charge is -2.17. The van der Waals surface area contributed by atoms with E-state index in [1.54, 1.807) is 24.3 Å². The van der Waals surface area contributed by atoms with E-state index in [4.69, 9.17) is 9.15 Å². The van der Waals surface area contributed by atoms with Crippen molar-refractivity contribution in [2.24, 2.45) is 0 Å². The molecule has 1 aromatic carbocycles. The Labute approximate surface area is 129 Å². The molecular weight excluding hydrogens is 348 g/mol. The van der Waals surface area contributed by atoms with Crippen molar-refractivity contribution in [2.75, 3.05) is 12.4 Å². The number of rotatable bonds is 6. The predicted octanol–water partition coefficient (Wildman–Crippen LogP) is 4.83. The topological polar surface area (TPSA) is 43.6 Å².